The molecule has 0 unspecified atom stereocenters. The van der Waals surface area contributed by atoms with Crippen LogP contribution in [0.25, 0.3) is 0 Å². The first kappa shape index (κ1) is 17.3. The molecule has 0 fully saturated rings. The Kier molecular flexibility index (Phi) is 4.68. The van der Waals surface area contributed by atoms with Gasteiger partial charge in [0.2, 0.25) is 0 Å². The van der Waals surface area contributed by atoms with E-state index in [9.17, 15) is 21.6 Å². The maximum absolute atomic E-state index is 12.8. The third kappa shape index (κ3) is 4.03. The number of alkyl halides is 3. The van der Waals surface area contributed by atoms with E-state index < -0.39 is 21.8 Å². The maximum atomic E-state index is 12.8. The van der Waals surface area contributed by atoms with E-state index in [1.165, 1.54) is 30.3 Å². The third-order valence-electron chi connectivity index (χ3n) is 2.82. The summed E-state index contributed by atoms with van der Waals surface area (Å²) in [6, 6.07) is 9.86. The number of nitrogens with one attached hydrogen (secondary N) is 1. The fourth-order valence-electron chi connectivity index (χ4n) is 1.73. The van der Waals surface area contributed by atoms with Gasteiger partial charge in [-0.25, -0.2) is 8.42 Å². The zero-order valence-corrected chi connectivity index (χ0v) is 13.6. The minimum atomic E-state index is -4.62. The van der Waals surface area contributed by atoms with Crippen LogP contribution in [0, 0.1) is 11.3 Å². The molecule has 0 radical (unpaired) electrons. The molecule has 0 aromatic heterocycles. The highest BCUT2D eigenvalue weighted by Gasteiger charge is 2.33. The Balaban J connectivity index is 2.36. The normalized spacial score (nSPS) is 11.8. The van der Waals surface area contributed by atoms with Crippen molar-refractivity contribution in [2.45, 2.75) is 11.1 Å². The van der Waals surface area contributed by atoms with Crippen LogP contribution in [0.4, 0.5) is 18.9 Å². The standard InChI is InChI=1S/C14H8BrF3N2O2S/c15-13-6-3-10(7-12(13)14(16,17)18)20-23(21,22)11-4-1-9(8-19)2-5-11/h1-7,20H. The number of nitriles is 1. The molecule has 0 saturated heterocycles. The lowest BCUT2D eigenvalue weighted by molar-refractivity contribution is -0.138. The van der Waals surface area contributed by atoms with Crippen LogP contribution in [0.2, 0.25) is 0 Å². The average molecular weight is 405 g/mol. The second-order valence-electron chi connectivity index (χ2n) is 4.43. The van der Waals surface area contributed by atoms with E-state index in [-0.39, 0.29) is 20.6 Å². The van der Waals surface area contributed by atoms with E-state index in [2.05, 4.69) is 20.7 Å². The van der Waals surface area contributed by atoms with Gasteiger partial charge < -0.3 is 0 Å². The molecule has 0 aliphatic heterocycles. The molecule has 9 heteroatoms. The molecule has 1 N–H and O–H groups in total. The Morgan fingerprint density at radius 3 is 2.22 bits per heavy atom. The van der Waals surface area contributed by atoms with Crippen LogP contribution in [-0.4, -0.2) is 8.42 Å². The van der Waals surface area contributed by atoms with Gasteiger partial charge in [0, 0.05) is 10.2 Å². The number of sulfonamides is 1. The summed E-state index contributed by atoms with van der Waals surface area (Å²) in [5.41, 5.74) is -0.936. The first-order chi connectivity index (χ1) is 10.6. The molecule has 0 aliphatic carbocycles. The van der Waals surface area contributed by atoms with Crippen LogP contribution in [0.3, 0.4) is 0 Å². The number of anilines is 1. The number of halogens is 4. The maximum Gasteiger partial charge on any atom is 0.417 e. The number of benzene rings is 2. The van der Waals surface area contributed by atoms with Crippen molar-refractivity contribution in [2.75, 3.05) is 4.72 Å². The summed E-state index contributed by atoms with van der Waals surface area (Å²) in [6.07, 6.45) is -4.62. The minimum Gasteiger partial charge on any atom is -0.280 e. The van der Waals surface area contributed by atoms with E-state index in [4.69, 9.17) is 5.26 Å². The van der Waals surface area contributed by atoms with Gasteiger partial charge in [-0.15, -0.1) is 0 Å². The highest BCUT2D eigenvalue weighted by molar-refractivity contribution is 9.10. The summed E-state index contributed by atoms with van der Waals surface area (Å²) in [7, 11) is -4.06. The van der Waals surface area contributed by atoms with Gasteiger partial charge in [-0.2, -0.15) is 18.4 Å². The second-order valence-corrected chi connectivity index (χ2v) is 6.97. The number of nitrogens with zero attached hydrogens (tertiary/aromatic N) is 1. The zero-order valence-electron chi connectivity index (χ0n) is 11.2. The van der Waals surface area contributed by atoms with Gasteiger partial charge in [0.05, 0.1) is 22.1 Å². The topological polar surface area (TPSA) is 70.0 Å². The Morgan fingerprint density at radius 1 is 1.09 bits per heavy atom. The zero-order chi connectivity index (χ0) is 17.3. The lowest BCUT2D eigenvalue weighted by Crippen LogP contribution is -2.14. The smallest absolute Gasteiger partial charge is 0.280 e. The van der Waals surface area contributed by atoms with Gasteiger partial charge in [0.25, 0.3) is 10.0 Å². The molecule has 2 aromatic rings. The molecule has 2 rings (SSSR count). The molecule has 2 aromatic carbocycles. The van der Waals surface area contributed by atoms with Gasteiger partial charge in [-0.1, -0.05) is 15.9 Å². The fraction of sp³-hybridized carbons (Fsp3) is 0.0714. The van der Waals surface area contributed by atoms with Crippen LogP contribution in [0.15, 0.2) is 51.8 Å². The van der Waals surface area contributed by atoms with E-state index in [1.54, 1.807) is 0 Å². The van der Waals surface area contributed by atoms with E-state index in [1.807, 2.05) is 6.07 Å². The second kappa shape index (κ2) is 6.22. The minimum absolute atomic E-state index is 0.159. The van der Waals surface area contributed by atoms with Crippen LogP contribution in [-0.2, 0) is 16.2 Å². The predicted molar refractivity (Wildman–Crippen MR) is 81.1 cm³/mol. The molecule has 0 atom stereocenters. The fourth-order valence-corrected chi connectivity index (χ4v) is 3.25. The molecule has 4 nitrogen and oxygen atoms in total. The summed E-state index contributed by atoms with van der Waals surface area (Å²) in [5.74, 6) is 0. The SMILES string of the molecule is N#Cc1ccc(S(=O)(=O)Nc2ccc(Br)c(C(F)(F)F)c2)cc1. The summed E-state index contributed by atoms with van der Waals surface area (Å²) < 4.78 is 64.7. The van der Waals surface area contributed by atoms with Gasteiger partial charge in [-0.05, 0) is 42.5 Å². The van der Waals surface area contributed by atoms with Crippen LogP contribution in [0.1, 0.15) is 11.1 Å². The Hall–Kier alpha value is -2.05. The van der Waals surface area contributed by atoms with Crippen molar-refractivity contribution in [1.29, 1.82) is 5.26 Å². The van der Waals surface area contributed by atoms with E-state index >= 15 is 0 Å². The molecular weight excluding hydrogens is 397 g/mol. The van der Waals surface area contributed by atoms with Crippen molar-refractivity contribution < 1.29 is 21.6 Å². The van der Waals surface area contributed by atoms with Gasteiger partial charge in [0.1, 0.15) is 0 Å². The van der Waals surface area contributed by atoms with Crippen molar-refractivity contribution in [1.82, 2.24) is 0 Å². The average Bonchev–Trinajstić information content (AvgIpc) is 2.48. The highest BCUT2D eigenvalue weighted by Crippen LogP contribution is 2.36. The molecule has 0 bridgehead atoms. The van der Waals surface area contributed by atoms with Crippen molar-refractivity contribution in [3.05, 3.63) is 58.1 Å². The molecule has 0 heterocycles. The number of hydrogen-bond donors (Lipinski definition) is 1. The molecular formula is C14H8BrF3N2O2S. The predicted octanol–water partition coefficient (Wildman–Crippen LogP) is 4.14. The Bertz CT molecular complexity index is 872. The van der Waals surface area contributed by atoms with Gasteiger partial charge >= 0.3 is 6.18 Å². The highest BCUT2D eigenvalue weighted by atomic mass is 79.9. The lowest BCUT2D eigenvalue weighted by atomic mass is 10.2. The molecule has 0 amide bonds. The van der Waals surface area contributed by atoms with Crippen LogP contribution >= 0.6 is 15.9 Å². The first-order valence-corrected chi connectivity index (χ1v) is 8.31. The summed E-state index contributed by atoms with van der Waals surface area (Å²) in [6.45, 7) is 0. The van der Waals surface area contributed by atoms with Crippen LogP contribution in [0.5, 0.6) is 0 Å². The quantitative estimate of drug-likeness (QED) is 0.835. The van der Waals surface area contributed by atoms with Crippen molar-refractivity contribution in [3.63, 3.8) is 0 Å². The molecule has 23 heavy (non-hydrogen) atoms. The van der Waals surface area contributed by atoms with E-state index in [0.717, 1.165) is 6.07 Å². The van der Waals surface area contributed by atoms with Crippen LogP contribution < -0.4 is 4.72 Å². The van der Waals surface area contributed by atoms with Crippen molar-refractivity contribution >= 4 is 31.6 Å². The number of rotatable bonds is 3. The summed E-state index contributed by atoms with van der Waals surface area (Å²) in [5, 5.41) is 8.67. The summed E-state index contributed by atoms with van der Waals surface area (Å²) >= 11 is 2.78. The van der Waals surface area contributed by atoms with Crippen molar-refractivity contribution in [3.8, 4) is 6.07 Å². The monoisotopic (exact) mass is 404 g/mol. The third-order valence-corrected chi connectivity index (χ3v) is 4.91. The Morgan fingerprint density at radius 2 is 1.70 bits per heavy atom. The number of hydrogen-bond acceptors (Lipinski definition) is 3. The molecule has 0 aliphatic rings. The first-order valence-electron chi connectivity index (χ1n) is 6.03. The Labute approximate surface area is 138 Å². The van der Waals surface area contributed by atoms with Gasteiger partial charge in [0.15, 0.2) is 0 Å². The van der Waals surface area contributed by atoms with Crippen molar-refractivity contribution in [2.24, 2.45) is 0 Å². The molecule has 0 spiro atoms. The summed E-state index contributed by atoms with van der Waals surface area (Å²) in [4.78, 5) is -0.159. The van der Waals surface area contributed by atoms with Gasteiger partial charge in [-0.3, -0.25) is 4.72 Å². The molecule has 0 saturated carbocycles. The van der Waals surface area contributed by atoms with E-state index in [0.29, 0.717) is 6.07 Å². The lowest BCUT2D eigenvalue weighted by Gasteiger charge is -2.13. The molecule has 120 valence electrons. The largest absolute Gasteiger partial charge is 0.417 e.